The van der Waals surface area contributed by atoms with E-state index in [2.05, 4.69) is 4.99 Å². The molecule has 18 heavy (non-hydrogen) atoms. The number of benzene rings is 1. The van der Waals surface area contributed by atoms with E-state index in [1.807, 2.05) is 50.2 Å². The molecule has 0 aliphatic rings. The van der Waals surface area contributed by atoms with Crippen molar-refractivity contribution in [2.45, 2.75) is 19.9 Å². The Hall–Kier alpha value is -2.16. The van der Waals surface area contributed by atoms with Crippen LogP contribution in [0.3, 0.4) is 0 Å². The minimum absolute atomic E-state index is 0.0687. The second-order valence-electron chi connectivity index (χ2n) is 4.32. The van der Waals surface area contributed by atoms with E-state index < -0.39 is 0 Å². The van der Waals surface area contributed by atoms with E-state index in [4.69, 9.17) is 0 Å². The number of nitrogens with zero attached hydrogens (tertiary/aromatic N) is 2. The molecule has 0 fully saturated rings. The Labute approximate surface area is 106 Å². The average Bonchev–Trinajstić information content (AvgIpc) is 2.38. The summed E-state index contributed by atoms with van der Waals surface area (Å²) in [6, 6.07) is 15.0. The van der Waals surface area contributed by atoms with Crippen LogP contribution in [0.25, 0.3) is 0 Å². The highest BCUT2D eigenvalue weighted by Gasteiger charge is 2.07. The highest BCUT2D eigenvalue weighted by Crippen LogP contribution is 2.04. The molecule has 0 atom stereocenters. The highest BCUT2D eigenvalue weighted by molar-refractivity contribution is 6.00. The molecule has 1 aromatic carbocycles. The minimum atomic E-state index is -0.0687. The molecule has 0 unspecified atom stereocenters. The third-order valence-corrected chi connectivity index (χ3v) is 2.46. The van der Waals surface area contributed by atoms with E-state index in [1.165, 1.54) is 0 Å². The monoisotopic (exact) mass is 240 g/mol. The zero-order valence-corrected chi connectivity index (χ0v) is 10.6. The predicted molar refractivity (Wildman–Crippen MR) is 74.2 cm³/mol. The third kappa shape index (κ3) is 2.74. The molecule has 92 valence electrons. The molecular formula is C15H16N2O. The van der Waals surface area contributed by atoms with Crippen molar-refractivity contribution in [3.63, 3.8) is 0 Å². The summed E-state index contributed by atoms with van der Waals surface area (Å²) in [4.78, 5) is 16.5. The average molecular weight is 240 g/mol. The molecule has 0 N–H and O–H groups in total. The van der Waals surface area contributed by atoms with E-state index in [1.54, 1.807) is 22.9 Å². The van der Waals surface area contributed by atoms with Gasteiger partial charge in [0.1, 0.15) is 5.84 Å². The molecule has 0 spiro atoms. The van der Waals surface area contributed by atoms with Crippen molar-refractivity contribution in [3.05, 3.63) is 70.6 Å². The molecule has 0 saturated heterocycles. The predicted octanol–water partition coefficient (Wildman–Crippen LogP) is 2.55. The van der Waals surface area contributed by atoms with Crippen LogP contribution in [0.15, 0.2) is 64.5 Å². The number of rotatable bonds is 2. The molecule has 0 radical (unpaired) electrons. The summed E-state index contributed by atoms with van der Waals surface area (Å²) in [5, 5.41) is 0. The molecular weight excluding hydrogens is 224 g/mol. The number of hydrogen-bond donors (Lipinski definition) is 0. The van der Waals surface area contributed by atoms with Gasteiger partial charge in [0.15, 0.2) is 0 Å². The van der Waals surface area contributed by atoms with Gasteiger partial charge in [0.2, 0.25) is 0 Å². The highest BCUT2D eigenvalue weighted by atomic mass is 16.1. The van der Waals surface area contributed by atoms with Crippen LogP contribution in [0.1, 0.15) is 19.4 Å². The summed E-state index contributed by atoms with van der Waals surface area (Å²) in [5.74, 6) is 0.691. The number of aromatic nitrogens is 1. The lowest BCUT2D eigenvalue weighted by Crippen LogP contribution is -2.27. The number of pyridine rings is 1. The molecule has 3 heteroatoms. The Morgan fingerprint density at radius 3 is 2.33 bits per heavy atom. The maximum Gasteiger partial charge on any atom is 0.256 e. The maximum absolute atomic E-state index is 11.9. The van der Waals surface area contributed by atoms with Gasteiger partial charge in [-0.1, -0.05) is 36.4 Å². The second-order valence-corrected chi connectivity index (χ2v) is 4.32. The summed E-state index contributed by atoms with van der Waals surface area (Å²) >= 11 is 0. The summed E-state index contributed by atoms with van der Waals surface area (Å²) < 4.78 is 1.58. The topological polar surface area (TPSA) is 34.4 Å². The van der Waals surface area contributed by atoms with Crippen LogP contribution >= 0.6 is 0 Å². The standard InChI is InChI=1S/C15H16N2O/c1-12(2)16-15(13-8-4-3-5-9-13)17-11-7-6-10-14(17)18/h3-12H,1-2H3. The Morgan fingerprint density at radius 2 is 1.72 bits per heavy atom. The SMILES string of the molecule is CC(C)N=C(c1ccccc1)n1ccccc1=O. The van der Waals surface area contributed by atoms with Gasteiger partial charge in [-0.05, 0) is 19.9 Å². The minimum Gasteiger partial charge on any atom is -0.269 e. The molecule has 0 saturated carbocycles. The van der Waals surface area contributed by atoms with Crippen LogP contribution in [0.5, 0.6) is 0 Å². The molecule has 1 heterocycles. The lowest BCUT2D eigenvalue weighted by molar-refractivity contribution is 0.822. The Balaban J connectivity index is 2.59. The lowest BCUT2D eigenvalue weighted by atomic mass is 10.2. The maximum atomic E-state index is 11.9. The molecule has 2 rings (SSSR count). The second kappa shape index (κ2) is 5.45. The van der Waals surface area contributed by atoms with Crippen molar-refractivity contribution < 1.29 is 0 Å². The van der Waals surface area contributed by atoms with Gasteiger partial charge < -0.3 is 0 Å². The smallest absolute Gasteiger partial charge is 0.256 e. The molecule has 0 aliphatic carbocycles. The first-order chi connectivity index (χ1) is 8.68. The van der Waals surface area contributed by atoms with Crippen LogP contribution in [0.2, 0.25) is 0 Å². The Morgan fingerprint density at radius 1 is 1.06 bits per heavy atom. The molecule has 3 nitrogen and oxygen atoms in total. The van der Waals surface area contributed by atoms with Crippen molar-refractivity contribution >= 4 is 5.84 Å². The first-order valence-electron chi connectivity index (χ1n) is 6.00. The Kier molecular flexibility index (Phi) is 3.72. The molecule has 1 aromatic heterocycles. The fourth-order valence-electron chi connectivity index (χ4n) is 1.71. The van der Waals surface area contributed by atoms with Crippen LogP contribution in [-0.4, -0.2) is 16.4 Å². The van der Waals surface area contributed by atoms with E-state index in [-0.39, 0.29) is 11.6 Å². The van der Waals surface area contributed by atoms with Gasteiger partial charge in [0, 0.05) is 23.9 Å². The van der Waals surface area contributed by atoms with Gasteiger partial charge in [-0.3, -0.25) is 14.4 Å². The first kappa shape index (κ1) is 12.3. The summed E-state index contributed by atoms with van der Waals surface area (Å²) in [6.45, 7) is 3.99. The van der Waals surface area contributed by atoms with Gasteiger partial charge in [0.25, 0.3) is 5.56 Å². The summed E-state index contributed by atoms with van der Waals surface area (Å²) in [6.07, 6.45) is 1.75. The van der Waals surface area contributed by atoms with Crippen LogP contribution in [-0.2, 0) is 0 Å². The fourth-order valence-corrected chi connectivity index (χ4v) is 1.71. The van der Waals surface area contributed by atoms with E-state index in [9.17, 15) is 4.79 Å². The van der Waals surface area contributed by atoms with Gasteiger partial charge in [-0.15, -0.1) is 0 Å². The normalized spacial score (nSPS) is 11.8. The van der Waals surface area contributed by atoms with E-state index >= 15 is 0 Å². The van der Waals surface area contributed by atoms with Crippen molar-refractivity contribution in [3.8, 4) is 0 Å². The quantitative estimate of drug-likeness (QED) is 0.586. The molecule has 0 amide bonds. The summed E-state index contributed by atoms with van der Waals surface area (Å²) in [5.41, 5.74) is 0.875. The molecule has 0 bridgehead atoms. The zero-order chi connectivity index (χ0) is 13.0. The zero-order valence-electron chi connectivity index (χ0n) is 10.6. The van der Waals surface area contributed by atoms with Crippen LogP contribution < -0.4 is 5.56 Å². The summed E-state index contributed by atoms with van der Waals surface area (Å²) in [7, 11) is 0. The number of hydrogen-bond acceptors (Lipinski definition) is 2. The van der Waals surface area contributed by atoms with E-state index in [0.717, 1.165) is 5.56 Å². The molecule has 0 aliphatic heterocycles. The fraction of sp³-hybridized carbons (Fsp3) is 0.200. The molecule has 2 aromatic rings. The van der Waals surface area contributed by atoms with Gasteiger partial charge in [-0.2, -0.15) is 0 Å². The lowest BCUT2D eigenvalue weighted by Gasteiger charge is -2.11. The van der Waals surface area contributed by atoms with Crippen molar-refractivity contribution in [1.29, 1.82) is 0 Å². The number of aliphatic imine (C=N–C) groups is 1. The van der Waals surface area contributed by atoms with Crippen molar-refractivity contribution in [2.75, 3.05) is 0 Å². The van der Waals surface area contributed by atoms with Crippen LogP contribution in [0, 0.1) is 0 Å². The van der Waals surface area contributed by atoms with E-state index in [0.29, 0.717) is 5.84 Å². The van der Waals surface area contributed by atoms with Crippen molar-refractivity contribution in [2.24, 2.45) is 4.99 Å². The van der Waals surface area contributed by atoms with Gasteiger partial charge in [-0.25, -0.2) is 0 Å². The van der Waals surface area contributed by atoms with Gasteiger partial charge in [0.05, 0.1) is 0 Å². The largest absolute Gasteiger partial charge is 0.269 e. The first-order valence-corrected chi connectivity index (χ1v) is 6.00. The van der Waals surface area contributed by atoms with Gasteiger partial charge >= 0.3 is 0 Å². The van der Waals surface area contributed by atoms with Crippen LogP contribution in [0.4, 0.5) is 0 Å². The van der Waals surface area contributed by atoms with Crippen molar-refractivity contribution in [1.82, 2.24) is 4.57 Å². The Bertz CT molecular complexity index is 597. The third-order valence-electron chi connectivity index (χ3n) is 2.46.